The van der Waals surface area contributed by atoms with Gasteiger partial charge < -0.3 is 14.6 Å². The number of carbonyl (C=O) groups is 1. The second kappa shape index (κ2) is 9.63. The number of fused-ring (bicyclic) bond motifs is 1. The van der Waals surface area contributed by atoms with Crippen molar-refractivity contribution in [3.63, 3.8) is 0 Å². The van der Waals surface area contributed by atoms with Gasteiger partial charge in [-0.2, -0.15) is 0 Å². The average molecular weight is 445 g/mol. The zero-order valence-electron chi connectivity index (χ0n) is 18.5. The van der Waals surface area contributed by atoms with Crippen molar-refractivity contribution >= 4 is 5.97 Å². The maximum absolute atomic E-state index is 11.0. The molecule has 2 aliphatic rings. The molecule has 0 spiro atoms. The minimum atomic E-state index is -0.871. The van der Waals surface area contributed by atoms with E-state index < -0.39 is 5.97 Å². The lowest BCUT2D eigenvalue weighted by atomic mass is 9.89. The van der Waals surface area contributed by atoms with Crippen molar-refractivity contribution in [1.82, 2.24) is 9.88 Å². The number of carboxylic acid groups (broad SMARTS) is 1. The van der Waals surface area contributed by atoms with Crippen molar-refractivity contribution in [2.24, 2.45) is 5.92 Å². The van der Waals surface area contributed by atoms with E-state index in [9.17, 15) is 4.79 Å². The van der Waals surface area contributed by atoms with Gasteiger partial charge in [-0.15, -0.1) is 0 Å². The van der Waals surface area contributed by atoms with Gasteiger partial charge >= 0.3 is 5.97 Å². The lowest BCUT2D eigenvalue weighted by Gasteiger charge is -2.32. The molecule has 6 nitrogen and oxygen atoms in total. The summed E-state index contributed by atoms with van der Waals surface area (Å²) in [6.07, 6.45) is 4.92. The van der Waals surface area contributed by atoms with E-state index in [4.69, 9.17) is 14.6 Å². The molecular weight excluding hydrogens is 416 g/mol. The largest absolute Gasteiger partial charge is 0.484 e. The summed E-state index contributed by atoms with van der Waals surface area (Å²) < 4.78 is 11.8. The van der Waals surface area contributed by atoms with Gasteiger partial charge in [0.1, 0.15) is 6.61 Å². The summed E-state index contributed by atoms with van der Waals surface area (Å²) >= 11 is 0. The lowest BCUT2D eigenvalue weighted by Crippen LogP contribution is -2.33. The highest BCUT2D eigenvalue weighted by Gasteiger charge is 2.24. The van der Waals surface area contributed by atoms with Crippen molar-refractivity contribution in [3.05, 3.63) is 89.1 Å². The van der Waals surface area contributed by atoms with E-state index in [0.717, 1.165) is 31.6 Å². The Bertz CT molecular complexity index is 1090. The Labute approximate surface area is 193 Å². The average Bonchev–Trinajstić information content (AvgIpc) is 2.86. The van der Waals surface area contributed by atoms with Gasteiger partial charge in [-0.25, -0.2) is 9.78 Å². The molecule has 3 heterocycles. The van der Waals surface area contributed by atoms with Crippen LogP contribution in [0.15, 0.2) is 66.9 Å². The van der Waals surface area contributed by atoms with Gasteiger partial charge in [0, 0.05) is 12.7 Å². The highest BCUT2D eigenvalue weighted by Crippen LogP contribution is 2.34. The smallest absolute Gasteiger partial charge is 0.335 e. The Morgan fingerprint density at radius 1 is 1.00 bits per heavy atom. The number of nitrogens with zero attached hydrogens (tertiary/aromatic N) is 2. The second-order valence-corrected chi connectivity index (χ2v) is 8.89. The van der Waals surface area contributed by atoms with Crippen LogP contribution in [0.1, 0.15) is 46.0 Å². The van der Waals surface area contributed by atoms with Crippen LogP contribution >= 0.6 is 0 Å². The number of pyridine rings is 1. The van der Waals surface area contributed by atoms with E-state index in [1.807, 2.05) is 24.3 Å². The van der Waals surface area contributed by atoms with Gasteiger partial charge in [0.05, 0.1) is 5.56 Å². The molecular formula is C27H28N2O4. The molecule has 0 aliphatic carbocycles. The SMILES string of the molecule is O=C(O)c1ccc(CC2CCN(Cc3ccc(C4COc5cccnc5O4)cc3)CC2)cc1. The molecule has 0 saturated carbocycles. The summed E-state index contributed by atoms with van der Waals surface area (Å²) in [5, 5.41) is 9.04. The Morgan fingerprint density at radius 3 is 2.45 bits per heavy atom. The predicted octanol–water partition coefficient (Wildman–Crippen LogP) is 4.75. The Kier molecular flexibility index (Phi) is 6.26. The maximum Gasteiger partial charge on any atom is 0.335 e. The van der Waals surface area contributed by atoms with E-state index in [-0.39, 0.29) is 6.10 Å². The fraction of sp³-hybridized carbons (Fsp3) is 0.333. The molecule has 1 aromatic heterocycles. The Hall–Kier alpha value is -3.38. The monoisotopic (exact) mass is 444 g/mol. The van der Waals surface area contributed by atoms with Gasteiger partial charge in [-0.1, -0.05) is 36.4 Å². The van der Waals surface area contributed by atoms with Gasteiger partial charge in [0.2, 0.25) is 0 Å². The summed E-state index contributed by atoms with van der Waals surface area (Å²) in [5.74, 6) is 1.04. The van der Waals surface area contributed by atoms with Crippen LogP contribution in [0.5, 0.6) is 11.6 Å². The van der Waals surface area contributed by atoms with Crippen LogP contribution in [0.25, 0.3) is 0 Å². The summed E-state index contributed by atoms with van der Waals surface area (Å²) in [4.78, 5) is 17.8. The summed E-state index contributed by atoms with van der Waals surface area (Å²) in [6, 6.07) is 19.7. The highest BCUT2D eigenvalue weighted by molar-refractivity contribution is 5.87. The van der Waals surface area contributed by atoms with E-state index >= 15 is 0 Å². The quantitative estimate of drug-likeness (QED) is 0.592. The Morgan fingerprint density at radius 2 is 1.73 bits per heavy atom. The minimum Gasteiger partial charge on any atom is -0.484 e. The topological polar surface area (TPSA) is 71.9 Å². The number of piperidine rings is 1. The summed E-state index contributed by atoms with van der Waals surface area (Å²) in [7, 11) is 0. The standard InChI is InChI=1S/C27H28N2O4/c30-27(31)23-9-3-19(4-10-23)16-20-11-14-29(15-12-20)17-21-5-7-22(8-6-21)25-18-32-24-2-1-13-28-26(24)33-25/h1-10,13,20,25H,11-12,14-18H2,(H,30,31). The molecule has 0 radical (unpaired) electrons. The van der Waals surface area contributed by atoms with Crippen molar-refractivity contribution in [2.75, 3.05) is 19.7 Å². The third kappa shape index (κ3) is 5.17. The molecule has 2 aromatic carbocycles. The van der Waals surface area contributed by atoms with Crippen molar-refractivity contribution < 1.29 is 19.4 Å². The number of hydrogen-bond donors (Lipinski definition) is 1. The van der Waals surface area contributed by atoms with E-state index in [1.54, 1.807) is 18.3 Å². The van der Waals surface area contributed by atoms with Crippen molar-refractivity contribution in [3.8, 4) is 11.6 Å². The first-order chi connectivity index (χ1) is 16.1. The van der Waals surface area contributed by atoms with E-state index in [0.29, 0.717) is 29.7 Å². The molecule has 6 heteroatoms. The molecule has 0 amide bonds. The third-order valence-electron chi connectivity index (χ3n) is 6.57. The molecule has 33 heavy (non-hydrogen) atoms. The Balaban J connectivity index is 1.10. The predicted molar refractivity (Wildman–Crippen MR) is 125 cm³/mol. The van der Waals surface area contributed by atoms with Crippen LogP contribution in [-0.4, -0.2) is 40.7 Å². The highest BCUT2D eigenvalue weighted by atomic mass is 16.6. The molecule has 5 rings (SSSR count). The number of aromatic nitrogens is 1. The van der Waals surface area contributed by atoms with Gasteiger partial charge in [0.25, 0.3) is 5.88 Å². The van der Waals surface area contributed by atoms with Gasteiger partial charge in [-0.3, -0.25) is 4.90 Å². The molecule has 1 saturated heterocycles. The molecule has 2 aliphatic heterocycles. The van der Waals surface area contributed by atoms with Crippen LogP contribution in [0.4, 0.5) is 0 Å². The van der Waals surface area contributed by atoms with Gasteiger partial charge in [0.15, 0.2) is 11.9 Å². The zero-order valence-corrected chi connectivity index (χ0v) is 18.5. The first-order valence-corrected chi connectivity index (χ1v) is 11.5. The first-order valence-electron chi connectivity index (χ1n) is 11.5. The normalized spacial score (nSPS) is 18.7. The molecule has 3 aromatic rings. The van der Waals surface area contributed by atoms with Crippen LogP contribution in [0.2, 0.25) is 0 Å². The van der Waals surface area contributed by atoms with E-state index in [1.165, 1.54) is 24.0 Å². The number of carboxylic acids is 1. The van der Waals surface area contributed by atoms with Crippen LogP contribution in [0.3, 0.4) is 0 Å². The molecule has 0 bridgehead atoms. The van der Waals surface area contributed by atoms with Crippen LogP contribution in [0, 0.1) is 5.92 Å². The fourth-order valence-electron chi connectivity index (χ4n) is 4.63. The molecule has 1 fully saturated rings. The summed E-state index contributed by atoms with van der Waals surface area (Å²) in [6.45, 7) is 3.61. The fourth-order valence-corrected chi connectivity index (χ4v) is 4.63. The summed E-state index contributed by atoms with van der Waals surface area (Å²) in [5.41, 5.74) is 3.98. The number of benzene rings is 2. The number of hydrogen-bond acceptors (Lipinski definition) is 5. The number of likely N-dealkylation sites (tertiary alicyclic amines) is 1. The zero-order chi connectivity index (χ0) is 22.6. The van der Waals surface area contributed by atoms with Gasteiger partial charge in [-0.05, 0) is 79.2 Å². The number of rotatable bonds is 6. The molecule has 1 atom stereocenters. The first kappa shape index (κ1) is 21.5. The molecule has 1 N–H and O–H groups in total. The minimum absolute atomic E-state index is 0.137. The molecule has 170 valence electrons. The number of aromatic carboxylic acids is 1. The van der Waals surface area contributed by atoms with Crippen molar-refractivity contribution in [1.29, 1.82) is 0 Å². The number of ether oxygens (including phenoxy) is 2. The van der Waals surface area contributed by atoms with Crippen LogP contribution in [-0.2, 0) is 13.0 Å². The van der Waals surface area contributed by atoms with Crippen LogP contribution < -0.4 is 9.47 Å². The third-order valence-corrected chi connectivity index (χ3v) is 6.57. The van der Waals surface area contributed by atoms with E-state index in [2.05, 4.69) is 34.1 Å². The van der Waals surface area contributed by atoms with Crippen molar-refractivity contribution in [2.45, 2.75) is 31.9 Å². The lowest BCUT2D eigenvalue weighted by molar-refractivity contribution is 0.0697. The maximum atomic E-state index is 11.0. The second-order valence-electron chi connectivity index (χ2n) is 8.89. The molecule has 1 unspecified atom stereocenters.